The van der Waals surface area contributed by atoms with Crippen molar-refractivity contribution in [2.75, 3.05) is 11.1 Å². The number of hydrogen-bond donors (Lipinski definition) is 2. The summed E-state index contributed by atoms with van der Waals surface area (Å²) in [6.07, 6.45) is 1.69. The van der Waals surface area contributed by atoms with Gasteiger partial charge in [-0.15, -0.1) is 11.8 Å². The highest BCUT2D eigenvalue weighted by Gasteiger charge is 2.29. The molecule has 0 aromatic carbocycles. The van der Waals surface area contributed by atoms with E-state index in [1.54, 1.807) is 12.3 Å². The van der Waals surface area contributed by atoms with Crippen LogP contribution in [0.3, 0.4) is 0 Å². The van der Waals surface area contributed by atoms with Crippen LogP contribution in [0.4, 0.5) is 5.82 Å². The van der Waals surface area contributed by atoms with E-state index in [4.69, 9.17) is 0 Å². The van der Waals surface area contributed by atoms with Crippen molar-refractivity contribution in [1.29, 1.82) is 0 Å². The quantitative estimate of drug-likeness (QED) is 0.835. The number of nitrogens with one attached hydrogen (secondary N) is 2. The molecule has 2 atom stereocenters. The number of hydrogen-bond acceptors (Lipinski definition) is 4. The van der Waals surface area contributed by atoms with E-state index in [2.05, 4.69) is 15.6 Å². The first kappa shape index (κ1) is 12.9. The molecular formula is C12H15N3O2S. The number of amides is 2. The molecule has 1 aliphatic heterocycles. The van der Waals surface area contributed by atoms with Gasteiger partial charge in [0.25, 0.3) is 0 Å². The highest BCUT2D eigenvalue weighted by molar-refractivity contribution is 8.00. The zero-order valence-electron chi connectivity index (χ0n) is 10.3. The summed E-state index contributed by atoms with van der Waals surface area (Å²) in [5.74, 6) is 0.774. The Morgan fingerprint density at radius 2 is 2.33 bits per heavy atom. The number of aromatic nitrogens is 1. The van der Waals surface area contributed by atoms with Gasteiger partial charge in [0.15, 0.2) is 0 Å². The minimum Gasteiger partial charge on any atom is -0.343 e. The van der Waals surface area contributed by atoms with Gasteiger partial charge in [-0.05, 0) is 25.5 Å². The largest absolute Gasteiger partial charge is 0.343 e. The van der Waals surface area contributed by atoms with Gasteiger partial charge in [-0.1, -0.05) is 6.07 Å². The molecule has 2 N–H and O–H groups in total. The van der Waals surface area contributed by atoms with Crippen LogP contribution in [-0.2, 0) is 9.59 Å². The predicted molar refractivity (Wildman–Crippen MR) is 71.5 cm³/mol. The number of nitrogens with zero attached hydrogens (tertiary/aromatic N) is 1. The lowest BCUT2D eigenvalue weighted by atomic mass is 10.2. The molecule has 0 aliphatic carbocycles. The van der Waals surface area contributed by atoms with Crippen LogP contribution in [0.2, 0.25) is 0 Å². The lowest BCUT2D eigenvalue weighted by molar-refractivity contribution is -0.125. The van der Waals surface area contributed by atoms with E-state index in [9.17, 15) is 9.59 Å². The summed E-state index contributed by atoms with van der Waals surface area (Å²) in [5.41, 5.74) is 1.03. The zero-order chi connectivity index (χ0) is 13.1. The van der Waals surface area contributed by atoms with E-state index in [0.29, 0.717) is 11.6 Å². The van der Waals surface area contributed by atoms with E-state index in [0.717, 1.165) is 5.56 Å². The normalized spacial score (nSPS) is 23.3. The summed E-state index contributed by atoms with van der Waals surface area (Å²) in [6, 6.07) is 3.13. The predicted octanol–water partition coefficient (Wildman–Crippen LogP) is 0.949. The van der Waals surface area contributed by atoms with Gasteiger partial charge in [-0.3, -0.25) is 9.59 Å². The van der Waals surface area contributed by atoms with E-state index in [1.165, 1.54) is 11.8 Å². The SMILES string of the molecule is Cc1ccc(NC(=O)C2CSC(C)C(=O)N2)nc1. The zero-order valence-corrected chi connectivity index (χ0v) is 11.1. The highest BCUT2D eigenvalue weighted by Crippen LogP contribution is 2.18. The molecule has 0 spiro atoms. The standard InChI is InChI=1S/C12H15N3O2S/c1-7-3-4-10(13-5-7)15-12(17)9-6-18-8(2)11(16)14-9/h3-5,8-9H,6H2,1-2H3,(H,14,16)(H,13,15,17). The summed E-state index contributed by atoms with van der Waals surface area (Å²) < 4.78 is 0. The van der Waals surface area contributed by atoms with Crippen LogP contribution in [-0.4, -0.2) is 33.8 Å². The Morgan fingerprint density at radius 1 is 1.56 bits per heavy atom. The van der Waals surface area contributed by atoms with Crippen LogP contribution in [0.15, 0.2) is 18.3 Å². The Balaban J connectivity index is 1.96. The van der Waals surface area contributed by atoms with Gasteiger partial charge in [0, 0.05) is 11.9 Å². The molecule has 1 aromatic heterocycles. The van der Waals surface area contributed by atoms with Crippen LogP contribution in [0, 0.1) is 6.92 Å². The van der Waals surface area contributed by atoms with E-state index >= 15 is 0 Å². The van der Waals surface area contributed by atoms with Crippen molar-refractivity contribution in [3.63, 3.8) is 0 Å². The summed E-state index contributed by atoms with van der Waals surface area (Å²) in [5, 5.41) is 5.30. The lowest BCUT2D eigenvalue weighted by Crippen LogP contribution is -2.51. The van der Waals surface area contributed by atoms with E-state index < -0.39 is 6.04 Å². The van der Waals surface area contributed by atoms with Crippen molar-refractivity contribution in [1.82, 2.24) is 10.3 Å². The molecule has 6 heteroatoms. The maximum atomic E-state index is 11.9. The molecule has 0 saturated carbocycles. The minimum atomic E-state index is -0.484. The molecule has 5 nitrogen and oxygen atoms in total. The van der Waals surface area contributed by atoms with Gasteiger partial charge < -0.3 is 10.6 Å². The highest BCUT2D eigenvalue weighted by atomic mass is 32.2. The molecule has 0 radical (unpaired) electrons. The molecule has 1 saturated heterocycles. The first-order chi connectivity index (χ1) is 8.56. The van der Waals surface area contributed by atoms with E-state index in [-0.39, 0.29) is 17.1 Å². The fourth-order valence-corrected chi connectivity index (χ4v) is 2.48. The Bertz CT molecular complexity index is 461. The molecule has 1 aliphatic rings. The van der Waals surface area contributed by atoms with Crippen LogP contribution >= 0.6 is 11.8 Å². The van der Waals surface area contributed by atoms with Crippen molar-refractivity contribution >= 4 is 29.4 Å². The third-order valence-electron chi connectivity index (χ3n) is 2.68. The molecule has 1 aromatic rings. The number of rotatable bonds is 2. The van der Waals surface area contributed by atoms with Gasteiger partial charge in [0.2, 0.25) is 11.8 Å². The average Bonchev–Trinajstić information content (AvgIpc) is 2.35. The third kappa shape index (κ3) is 3.01. The van der Waals surface area contributed by atoms with E-state index in [1.807, 2.05) is 19.9 Å². The Labute approximate surface area is 110 Å². The maximum Gasteiger partial charge on any atom is 0.248 e. The molecule has 0 bridgehead atoms. The second kappa shape index (κ2) is 5.39. The molecule has 96 valence electrons. The van der Waals surface area contributed by atoms with Gasteiger partial charge in [-0.25, -0.2) is 4.98 Å². The number of carbonyl (C=O) groups is 2. The van der Waals surface area contributed by atoms with Crippen molar-refractivity contribution in [2.24, 2.45) is 0 Å². The van der Waals surface area contributed by atoms with Gasteiger partial charge in [0.1, 0.15) is 11.9 Å². The molecule has 2 heterocycles. The molecule has 2 rings (SSSR count). The first-order valence-electron chi connectivity index (χ1n) is 5.72. The summed E-state index contributed by atoms with van der Waals surface area (Å²) in [7, 11) is 0. The Morgan fingerprint density at radius 3 is 2.94 bits per heavy atom. The first-order valence-corrected chi connectivity index (χ1v) is 6.76. The number of pyridine rings is 1. The minimum absolute atomic E-state index is 0.0912. The molecule has 2 amide bonds. The number of carbonyl (C=O) groups excluding carboxylic acids is 2. The fraction of sp³-hybridized carbons (Fsp3) is 0.417. The van der Waals surface area contributed by atoms with Crippen molar-refractivity contribution in [3.8, 4) is 0 Å². The third-order valence-corrected chi connectivity index (χ3v) is 3.92. The molecule has 2 unspecified atom stereocenters. The van der Waals surface area contributed by atoms with Gasteiger partial charge in [0.05, 0.1) is 5.25 Å². The summed E-state index contributed by atoms with van der Waals surface area (Å²) in [6.45, 7) is 3.76. The van der Waals surface area contributed by atoms with Crippen LogP contribution < -0.4 is 10.6 Å². The fourth-order valence-electron chi connectivity index (χ4n) is 1.54. The van der Waals surface area contributed by atoms with Crippen molar-refractivity contribution in [3.05, 3.63) is 23.9 Å². The molecule has 18 heavy (non-hydrogen) atoms. The smallest absolute Gasteiger partial charge is 0.248 e. The Hall–Kier alpha value is -1.56. The van der Waals surface area contributed by atoms with Crippen molar-refractivity contribution < 1.29 is 9.59 Å². The van der Waals surface area contributed by atoms with Crippen LogP contribution in [0.25, 0.3) is 0 Å². The van der Waals surface area contributed by atoms with Crippen LogP contribution in [0.1, 0.15) is 12.5 Å². The summed E-state index contributed by atoms with van der Waals surface area (Å²) >= 11 is 1.48. The Kier molecular flexibility index (Phi) is 3.86. The lowest BCUT2D eigenvalue weighted by Gasteiger charge is -2.25. The molecule has 1 fully saturated rings. The molecular weight excluding hydrogens is 250 g/mol. The van der Waals surface area contributed by atoms with Crippen molar-refractivity contribution in [2.45, 2.75) is 25.1 Å². The maximum absolute atomic E-state index is 11.9. The monoisotopic (exact) mass is 265 g/mol. The second-order valence-corrected chi connectivity index (χ2v) is 5.62. The van der Waals surface area contributed by atoms with Gasteiger partial charge >= 0.3 is 0 Å². The van der Waals surface area contributed by atoms with Gasteiger partial charge in [-0.2, -0.15) is 0 Å². The number of aryl methyl sites for hydroxylation is 1. The number of anilines is 1. The topological polar surface area (TPSA) is 71.1 Å². The average molecular weight is 265 g/mol. The second-order valence-electron chi connectivity index (χ2n) is 4.25. The number of thioether (sulfide) groups is 1. The van der Waals surface area contributed by atoms with Crippen LogP contribution in [0.5, 0.6) is 0 Å². The summed E-state index contributed by atoms with van der Waals surface area (Å²) in [4.78, 5) is 27.5.